The van der Waals surface area contributed by atoms with Crippen LogP contribution in [0.1, 0.15) is 25.2 Å². The first-order chi connectivity index (χ1) is 9.60. The van der Waals surface area contributed by atoms with Crippen LogP contribution >= 0.6 is 12.4 Å². The number of nitrogens with one attached hydrogen (secondary N) is 1. The van der Waals surface area contributed by atoms with Gasteiger partial charge in [-0.1, -0.05) is 13.8 Å². The number of aromatic nitrogens is 4. The van der Waals surface area contributed by atoms with Crippen LogP contribution in [0.15, 0.2) is 18.5 Å². The largest absolute Gasteiger partial charge is 0.377 e. The average molecular weight is 316 g/mol. The molecule has 2 rings (SSSR count). The number of rotatable bonds is 7. The van der Waals surface area contributed by atoms with Gasteiger partial charge in [0.2, 0.25) is 0 Å². The van der Waals surface area contributed by atoms with Gasteiger partial charge < -0.3 is 5.32 Å². The van der Waals surface area contributed by atoms with Gasteiger partial charge in [-0.15, -0.1) is 12.4 Å². The molecule has 0 radical (unpaired) electrons. The molecule has 0 spiro atoms. The van der Waals surface area contributed by atoms with Crippen LogP contribution in [0.2, 0.25) is 0 Å². The van der Waals surface area contributed by atoms with Crippen molar-refractivity contribution in [1.82, 2.24) is 19.6 Å². The predicted molar refractivity (Wildman–Crippen MR) is 84.6 cm³/mol. The summed E-state index contributed by atoms with van der Waals surface area (Å²) in [5.41, 5.74) is 2.96. The molecule has 0 fully saturated rings. The summed E-state index contributed by atoms with van der Waals surface area (Å²) < 4.78 is 16.0. The number of nitrogens with zero attached hydrogens (tertiary/aromatic N) is 4. The van der Waals surface area contributed by atoms with Crippen LogP contribution in [0.3, 0.4) is 0 Å². The second-order valence-electron chi connectivity index (χ2n) is 5.33. The third-order valence-corrected chi connectivity index (χ3v) is 3.06. The van der Waals surface area contributed by atoms with E-state index in [-0.39, 0.29) is 12.4 Å². The maximum absolute atomic E-state index is 12.3. The number of aryl methyl sites for hydroxylation is 2. The topological polar surface area (TPSA) is 47.7 Å². The van der Waals surface area contributed by atoms with Crippen LogP contribution in [-0.2, 0) is 19.6 Å². The lowest BCUT2D eigenvalue weighted by atomic mass is 10.2. The van der Waals surface area contributed by atoms with Gasteiger partial charge in [0.15, 0.2) is 0 Å². The fourth-order valence-corrected chi connectivity index (χ4v) is 2.10. The second kappa shape index (κ2) is 8.02. The normalized spacial score (nSPS) is 10.7. The zero-order valence-electron chi connectivity index (χ0n) is 12.7. The Kier molecular flexibility index (Phi) is 6.68. The minimum atomic E-state index is -0.401. The van der Waals surface area contributed by atoms with Crippen molar-refractivity contribution in [3.05, 3.63) is 29.8 Å². The average Bonchev–Trinajstić information content (AvgIpc) is 2.94. The third-order valence-electron chi connectivity index (χ3n) is 3.06. The van der Waals surface area contributed by atoms with Crippen molar-refractivity contribution in [2.24, 2.45) is 5.92 Å². The SMILES string of the molecule is Cc1nn(CCF)cc1NCc1ccnn1CC(C)C.Cl. The lowest BCUT2D eigenvalue weighted by Gasteiger charge is -2.10. The molecule has 0 aliphatic rings. The second-order valence-corrected chi connectivity index (χ2v) is 5.33. The van der Waals surface area contributed by atoms with Crippen LogP contribution < -0.4 is 5.32 Å². The summed E-state index contributed by atoms with van der Waals surface area (Å²) in [6.45, 7) is 7.76. The van der Waals surface area contributed by atoms with E-state index in [4.69, 9.17) is 0 Å². The summed E-state index contributed by atoms with van der Waals surface area (Å²) >= 11 is 0. The van der Waals surface area contributed by atoms with Crippen LogP contribution in [-0.4, -0.2) is 26.2 Å². The van der Waals surface area contributed by atoms with Gasteiger partial charge in [-0.3, -0.25) is 9.36 Å². The van der Waals surface area contributed by atoms with E-state index in [9.17, 15) is 4.39 Å². The Balaban J connectivity index is 0.00000220. The van der Waals surface area contributed by atoms with E-state index in [1.54, 1.807) is 4.68 Å². The van der Waals surface area contributed by atoms with Crippen molar-refractivity contribution in [2.45, 2.75) is 40.4 Å². The number of alkyl halides is 1. The Bertz CT molecular complexity index is 549. The molecule has 0 saturated heterocycles. The van der Waals surface area contributed by atoms with Crippen molar-refractivity contribution in [3.8, 4) is 0 Å². The van der Waals surface area contributed by atoms with Gasteiger partial charge in [0.25, 0.3) is 0 Å². The van der Waals surface area contributed by atoms with Crippen molar-refractivity contribution in [1.29, 1.82) is 0 Å². The highest BCUT2D eigenvalue weighted by Crippen LogP contribution is 2.14. The number of hydrogen-bond acceptors (Lipinski definition) is 3. The number of hydrogen-bond donors (Lipinski definition) is 1. The lowest BCUT2D eigenvalue weighted by molar-refractivity contribution is 0.426. The molecule has 0 saturated carbocycles. The van der Waals surface area contributed by atoms with Crippen LogP contribution in [0, 0.1) is 12.8 Å². The quantitative estimate of drug-likeness (QED) is 0.854. The molecule has 0 unspecified atom stereocenters. The summed E-state index contributed by atoms with van der Waals surface area (Å²) in [5, 5.41) is 11.9. The molecule has 0 aliphatic heterocycles. The molecule has 0 amide bonds. The zero-order valence-corrected chi connectivity index (χ0v) is 13.5. The molecule has 1 N–H and O–H groups in total. The molecule has 2 aromatic rings. The highest BCUT2D eigenvalue weighted by Gasteiger charge is 2.07. The molecule has 118 valence electrons. The van der Waals surface area contributed by atoms with E-state index in [2.05, 4.69) is 29.4 Å². The van der Waals surface area contributed by atoms with E-state index in [0.29, 0.717) is 19.0 Å². The molecular formula is C14H23ClFN5. The summed E-state index contributed by atoms with van der Waals surface area (Å²) in [7, 11) is 0. The maximum Gasteiger partial charge on any atom is 0.109 e. The molecule has 5 nitrogen and oxygen atoms in total. The standard InChI is InChI=1S/C14H22FN5.ClH/c1-11(2)9-20-13(4-6-17-20)8-16-14-10-19(7-5-15)18-12(14)3;/h4,6,10-11,16H,5,7-9H2,1-3H3;1H. The predicted octanol–water partition coefficient (Wildman–Crippen LogP) is 3.05. The van der Waals surface area contributed by atoms with Crippen molar-refractivity contribution in [2.75, 3.05) is 12.0 Å². The van der Waals surface area contributed by atoms with Gasteiger partial charge >= 0.3 is 0 Å². The molecule has 0 aromatic carbocycles. The molecule has 2 heterocycles. The zero-order chi connectivity index (χ0) is 14.5. The Labute approximate surface area is 130 Å². The Hall–Kier alpha value is -1.56. The molecule has 7 heteroatoms. The van der Waals surface area contributed by atoms with E-state index in [0.717, 1.165) is 23.6 Å². The smallest absolute Gasteiger partial charge is 0.109 e. The van der Waals surface area contributed by atoms with Gasteiger partial charge in [-0.2, -0.15) is 10.2 Å². The van der Waals surface area contributed by atoms with Crippen LogP contribution in [0.5, 0.6) is 0 Å². The first kappa shape index (κ1) is 17.5. The molecule has 2 aromatic heterocycles. The summed E-state index contributed by atoms with van der Waals surface area (Å²) in [5.74, 6) is 0.558. The summed E-state index contributed by atoms with van der Waals surface area (Å²) in [4.78, 5) is 0. The summed E-state index contributed by atoms with van der Waals surface area (Å²) in [6, 6.07) is 2.01. The third kappa shape index (κ3) is 4.74. The Morgan fingerprint density at radius 3 is 2.81 bits per heavy atom. The first-order valence-corrected chi connectivity index (χ1v) is 6.94. The molecule has 21 heavy (non-hydrogen) atoms. The van der Waals surface area contributed by atoms with E-state index in [1.165, 1.54) is 0 Å². The minimum Gasteiger partial charge on any atom is -0.377 e. The lowest BCUT2D eigenvalue weighted by Crippen LogP contribution is -2.12. The highest BCUT2D eigenvalue weighted by molar-refractivity contribution is 5.85. The van der Waals surface area contributed by atoms with E-state index in [1.807, 2.05) is 30.1 Å². The fourth-order valence-electron chi connectivity index (χ4n) is 2.10. The van der Waals surface area contributed by atoms with Crippen LogP contribution in [0.4, 0.5) is 10.1 Å². The molecule has 0 bridgehead atoms. The Morgan fingerprint density at radius 1 is 1.38 bits per heavy atom. The van der Waals surface area contributed by atoms with Gasteiger partial charge in [-0.25, -0.2) is 4.39 Å². The van der Waals surface area contributed by atoms with E-state index < -0.39 is 6.67 Å². The van der Waals surface area contributed by atoms with Crippen LogP contribution in [0.25, 0.3) is 0 Å². The van der Waals surface area contributed by atoms with Gasteiger partial charge in [0.1, 0.15) is 6.67 Å². The van der Waals surface area contributed by atoms with Crippen molar-refractivity contribution < 1.29 is 4.39 Å². The highest BCUT2D eigenvalue weighted by atomic mass is 35.5. The van der Waals surface area contributed by atoms with E-state index >= 15 is 0 Å². The fraction of sp³-hybridized carbons (Fsp3) is 0.571. The number of anilines is 1. The van der Waals surface area contributed by atoms with Crippen molar-refractivity contribution in [3.63, 3.8) is 0 Å². The maximum atomic E-state index is 12.3. The number of halogens is 2. The van der Waals surface area contributed by atoms with Gasteiger partial charge in [0, 0.05) is 18.9 Å². The first-order valence-electron chi connectivity index (χ1n) is 6.94. The molecule has 0 aliphatic carbocycles. The van der Waals surface area contributed by atoms with Gasteiger partial charge in [0.05, 0.1) is 30.2 Å². The minimum absolute atomic E-state index is 0. The van der Waals surface area contributed by atoms with Gasteiger partial charge in [-0.05, 0) is 18.9 Å². The van der Waals surface area contributed by atoms with Crippen molar-refractivity contribution >= 4 is 18.1 Å². The molecular weight excluding hydrogens is 293 g/mol. The summed E-state index contributed by atoms with van der Waals surface area (Å²) in [6.07, 6.45) is 3.66. The molecule has 0 atom stereocenters. The Morgan fingerprint density at radius 2 is 2.14 bits per heavy atom. The monoisotopic (exact) mass is 315 g/mol.